The number of fused-ring (bicyclic) bond motifs is 2. The number of benzene rings is 1. The first-order chi connectivity index (χ1) is 11.3. The van der Waals surface area contributed by atoms with Crippen molar-refractivity contribution in [2.24, 2.45) is 5.10 Å². The lowest BCUT2D eigenvalue weighted by Crippen LogP contribution is -2.16. The van der Waals surface area contributed by atoms with E-state index < -0.39 is 0 Å². The minimum absolute atomic E-state index is 0.172. The van der Waals surface area contributed by atoms with Crippen LogP contribution in [0.25, 0.3) is 11.0 Å². The van der Waals surface area contributed by atoms with Gasteiger partial charge in [-0.2, -0.15) is 5.10 Å². The monoisotopic (exact) mass is 322 g/mol. The molecule has 0 spiro atoms. The molecule has 114 valence electrons. The minimum Gasteiger partial charge on any atom is -0.266 e. The van der Waals surface area contributed by atoms with Gasteiger partial charge in [0.1, 0.15) is 5.69 Å². The number of rotatable bonds is 3. The van der Waals surface area contributed by atoms with E-state index in [0.717, 1.165) is 28.8 Å². The molecule has 0 atom stereocenters. The second-order valence-corrected chi connectivity index (χ2v) is 6.53. The summed E-state index contributed by atoms with van der Waals surface area (Å²) in [7, 11) is 0. The predicted molar refractivity (Wildman–Crippen MR) is 90.9 cm³/mol. The fraction of sp³-hybridized carbons (Fsp3) is 0.176. The molecule has 1 aliphatic rings. The van der Waals surface area contributed by atoms with Gasteiger partial charge < -0.3 is 0 Å². The molecule has 0 bridgehead atoms. The summed E-state index contributed by atoms with van der Waals surface area (Å²) in [5.41, 5.74) is 6.11. The van der Waals surface area contributed by atoms with Crippen LogP contribution < -0.4 is 5.43 Å². The van der Waals surface area contributed by atoms with Gasteiger partial charge in [0.15, 0.2) is 0 Å². The topological polar surface area (TPSA) is 67.2 Å². The number of nitrogens with one attached hydrogen (secondary N) is 1. The molecule has 1 amide bonds. The summed E-state index contributed by atoms with van der Waals surface area (Å²) in [5.74, 6) is -0.172. The van der Waals surface area contributed by atoms with Crippen molar-refractivity contribution in [1.29, 1.82) is 0 Å². The van der Waals surface area contributed by atoms with Gasteiger partial charge in [0.2, 0.25) is 0 Å². The number of hydrazone groups is 1. The number of carbonyl (C=O) groups is 1. The van der Waals surface area contributed by atoms with Gasteiger partial charge in [-0.1, -0.05) is 12.1 Å². The highest BCUT2D eigenvalue weighted by atomic mass is 32.1. The number of hydrogen-bond acceptors (Lipinski definition) is 5. The lowest BCUT2D eigenvalue weighted by Gasteiger charge is -1.98. The van der Waals surface area contributed by atoms with Crippen molar-refractivity contribution in [3.8, 4) is 0 Å². The largest absolute Gasteiger partial charge is 0.281 e. The van der Waals surface area contributed by atoms with Crippen molar-refractivity contribution in [3.05, 3.63) is 57.5 Å². The zero-order valence-corrected chi connectivity index (χ0v) is 13.1. The summed E-state index contributed by atoms with van der Waals surface area (Å²) >= 11 is 1.56. The van der Waals surface area contributed by atoms with Crippen LogP contribution in [0.3, 0.4) is 0 Å². The van der Waals surface area contributed by atoms with E-state index in [1.165, 1.54) is 23.1 Å². The smallest absolute Gasteiger partial charge is 0.266 e. The van der Waals surface area contributed by atoms with Gasteiger partial charge >= 0.3 is 0 Å². The maximum Gasteiger partial charge on any atom is 0.281 e. The average Bonchev–Trinajstić information content (AvgIpc) is 3.16. The molecule has 3 aromatic rings. The standard InChI is InChI=1S/C17H14N4OS/c22-17(16-8-11-4-3-7-15(11)23-16)21-19-10-12-9-18-13-5-1-2-6-14(13)20-12/h1-2,5-6,8-10H,3-4,7H2,(H,21,22)/b19-10-. The van der Waals surface area contributed by atoms with Gasteiger partial charge in [-0.05, 0) is 43.0 Å². The molecule has 23 heavy (non-hydrogen) atoms. The second kappa shape index (κ2) is 5.89. The van der Waals surface area contributed by atoms with Gasteiger partial charge in [0.05, 0.1) is 28.3 Å². The molecule has 5 nitrogen and oxygen atoms in total. The van der Waals surface area contributed by atoms with E-state index in [1.807, 2.05) is 30.3 Å². The molecule has 1 N–H and O–H groups in total. The van der Waals surface area contributed by atoms with Crippen molar-refractivity contribution in [1.82, 2.24) is 15.4 Å². The lowest BCUT2D eigenvalue weighted by molar-refractivity contribution is 0.0959. The molecule has 0 aliphatic heterocycles. The van der Waals surface area contributed by atoms with E-state index in [2.05, 4.69) is 20.5 Å². The Morgan fingerprint density at radius 1 is 1.26 bits per heavy atom. The molecular weight excluding hydrogens is 308 g/mol. The van der Waals surface area contributed by atoms with E-state index in [4.69, 9.17) is 0 Å². The fourth-order valence-corrected chi connectivity index (χ4v) is 3.83. The molecule has 2 aromatic heterocycles. The second-order valence-electron chi connectivity index (χ2n) is 5.40. The molecule has 0 saturated heterocycles. The highest BCUT2D eigenvalue weighted by Crippen LogP contribution is 2.30. The Morgan fingerprint density at radius 2 is 2.13 bits per heavy atom. The van der Waals surface area contributed by atoms with Crippen molar-refractivity contribution >= 4 is 34.5 Å². The van der Waals surface area contributed by atoms with E-state index in [1.54, 1.807) is 17.5 Å². The first-order valence-electron chi connectivity index (χ1n) is 7.46. The fourth-order valence-electron chi connectivity index (χ4n) is 2.69. The number of hydrogen-bond donors (Lipinski definition) is 1. The summed E-state index contributed by atoms with van der Waals surface area (Å²) in [4.78, 5) is 22.9. The summed E-state index contributed by atoms with van der Waals surface area (Å²) in [6.45, 7) is 0. The molecule has 0 unspecified atom stereocenters. The maximum absolute atomic E-state index is 12.1. The van der Waals surface area contributed by atoms with Gasteiger partial charge in [-0.15, -0.1) is 11.3 Å². The Hall–Kier alpha value is -2.60. The third-order valence-corrected chi connectivity index (χ3v) is 5.04. The number of nitrogens with zero attached hydrogens (tertiary/aromatic N) is 3. The first-order valence-corrected chi connectivity index (χ1v) is 8.28. The highest BCUT2D eigenvalue weighted by molar-refractivity contribution is 7.14. The van der Waals surface area contributed by atoms with Crippen molar-refractivity contribution in [3.63, 3.8) is 0 Å². The average molecular weight is 322 g/mol. The van der Waals surface area contributed by atoms with Crippen LogP contribution in [-0.4, -0.2) is 22.1 Å². The molecule has 2 heterocycles. The quantitative estimate of drug-likeness (QED) is 0.595. The van der Waals surface area contributed by atoms with E-state index >= 15 is 0 Å². The predicted octanol–water partition coefficient (Wildman–Crippen LogP) is 2.94. The van der Waals surface area contributed by atoms with Crippen molar-refractivity contribution in [2.75, 3.05) is 0 Å². The number of para-hydroxylation sites is 2. The van der Waals surface area contributed by atoms with Crippen LogP contribution >= 0.6 is 11.3 Å². The number of aromatic nitrogens is 2. The molecule has 6 heteroatoms. The van der Waals surface area contributed by atoms with E-state index in [-0.39, 0.29) is 5.91 Å². The number of amides is 1. The Balaban J connectivity index is 1.46. The summed E-state index contributed by atoms with van der Waals surface area (Å²) < 4.78 is 0. The Bertz CT molecular complexity index is 894. The molecule has 0 fully saturated rings. The highest BCUT2D eigenvalue weighted by Gasteiger charge is 2.18. The number of aryl methyl sites for hydroxylation is 2. The zero-order chi connectivity index (χ0) is 15.6. The van der Waals surface area contributed by atoms with Gasteiger partial charge in [-0.3, -0.25) is 9.78 Å². The summed E-state index contributed by atoms with van der Waals surface area (Å²) in [6.07, 6.45) is 6.51. The van der Waals surface area contributed by atoms with E-state index in [0.29, 0.717) is 5.69 Å². The van der Waals surface area contributed by atoms with Crippen LogP contribution in [0.2, 0.25) is 0 Å². The van der Waals surface area contributed by atoms with Gasteiger partial charge in [-0.25, -0.2) is 10.4 Å². The minimum atomic E-state index is -0.172. The third kappa shape index (κ3) is 2.85. The molecular formula is C17H14N4OS. The summed E-state index contributed by atoms with van der Waals surface area (Å²) in [6, 6.07) is 9.61. The number of carbonyl (C=O) groups excluding carboxylic acids is 1. The zero-order valence-electron chi connectivity index (χ0n) is 12.3. The van der Waals surface area contributed by atoms with Crippen LogP contribution in [0, 0.1) is 0 Å². The first kappa shape index (κ1) is 14.0. The van der Waals surface area contributed by atoms with Gasteiger partial charge in [0.25, 0.3) is 5.91 Å². The third-order valence-electron chi connectivity index (χ3n) is 3.80. The Kier molecular flexibility index (Phi) is 3.59. The van der Waals surface area contributed by atoms with Crippen LogP contribution in [0.5, 0.6) is 0 Å². The molecule has 1 aromatic carbocycles. The molecule has 0 saturated carbocycles. The molecule has 1 aliphatic carbocycles. The SMILES string of the molecule is O=C(N/N=C\c1cnc2ccccc2n1)c1cc2c(s1)CCC2. The number of thiophene rings is 1. The van der Waals surface area contributed by atoms with Gasteiger partial charge in [0, 0.05) is 4.88 Å². The maximum atomic E-state index is 12.1. The van der Waals surface area contributed by atoms with Crippen LogP contribution in [-0.2, 0) is 12.8 Å². The van der Waals surface area contributed by atoms with Crippen LogP contribution in [0.4, 0.5) is 0 Å². The van der Waals surface area contributed by atoms with Crippen LogP contribution in [0.1, 0.15) is 32.2 Å². The Labute approximate surface area is 137 Å². The van der Waals surface area contributed by atoms with Crippen molar-refractivity contribution < 1.29 is 4.79 Å². The molecule has 4 rings (SSSR count). The van der Waals surface area contributed by atoms with Crippen LogP contribution in [0.15, 0.2) is 41.6 Å². The normalized spacial score (nSPS) is 13.6. The van der Waals surface area contributed by atoms with Crippen molar-refractivity contribution in [2.45, 2.75) is 19.3 Å². The lowest BCUT2D eigenvalue weighted by atomic mass is 10.2. The molecule has 0 radical (unpaired) electrons. The summed E-state index contributed by atoms with van der Waals surface area (Å²) in [5, 5.41) is 3.99. The Morgan fingerprint density at radius 3 is 3.00 bits per heavy atom. The van der Waals surface area contributed by atoms with E-state index in [9.17, 15) is 4.79 Å².